The molecular formula is C9H17NO. The van der Waals surface area contributed by atoms with E-state index in [1.165, 1.54) is 6.42 Å². The van der Waals surface area contributed by atoms with Gasteiger partial charge in [-0.2, -0.15) is 0 Å². The third kappa shape index (κ3) is 1.62. The Bertz CT molecular complexity index is 144. The molecule has 0 aromatic rings. The second-order valence-corrected chi connectivity index (χ2v) is 3.80. The Labute approximate surface area is 68.6 Å². The number of likely N-dealkylation sites (N-methyl/N-ethyl adjacent to an activating group) is 1. The normalized spacial score (nSPS) is 33.1. The number of hydrogen-bond donors (Lipinski definition) is 0. The lowest BCUT2D eigenvalue weighted by molar-refractivity contribution is -0.112. The van der Waals surface area contributed by atoms with Gasteiger partial charge in [0.25, 0.3) is 0 Å². The number of rotatable bonds is 2. The molecule has 11 heavy (non-hydrogen) atoms. The summed E-state index contributed by atoms with van der Waals surface area (Å²) in [7, 11) is 2.03. The standard InChI is InChI=1S/C9H17NO/c1-7(2)8-4-5-10(3)9(8)6-11/h6-9H,4-5H2,1-3H3/t8-,9?/m1/s1. The van der Waals surface area contributed by atoms with Crippen LogP contribution in [0.3, 0.4) is 0 Å². The van der Waals surface area contributed by atoms with Gasteiger partial charge in [-0.05, 0) is 31.8 Å². The molecule has 1 saturated heterocycles. The van der Waals surface area contributed by atoms with Gasteiger partial charge in [0.2, 0.25) is 0 Å². The van der Waals surface area contributed by atoms with Crippen molar-refractivity contribution < 1.29 is 4.79 Å². The molecule has 0 bridgehead atoms. The van der Waals surface area contributed by atoms with Crippen molar-refractivity contribution >= 4 is 6.29 Å². The van der Waals surface area contributed by atoms with Crippen molar-refractivity contribution in [2.24, 2.45) is 11.8 Å². The Kier molecular flexibility index (Phi) is 2.66. The molecule has 1 heterocycles. The van der Waals surface area contributed by atoms with E-state index >= 15 is 0 Å². The van der Waals surface area contributed by atoms with Crippen LogP contribution in [0.2, 0.25) is 0 Å². The third-order valence-corrected chi connectivity index (χ3v) is 2.76. The highest BCUT2D eigenvalue weighted by Gasteiger charge is 2.32. The van der Waals surface area contributed by atoms with E-state index in [0.717, 1.165) is 12.8 Å². The number of nitrogens with zero attached hydrogens (tertiary/aromatic N) is 1. The summed E-state index contributed by atoms with van der Waals surface area (Å²) in [6.07, 6.45) is 2.27. The molecule has 1 fully saturated rings. The number of carbonyl (C=O) groups is 1. The van der Waals surface area contributed by atoms with Gasteiger partial charge in [-0.1, -0.05) is 13.8 Å². The molecule has 0 radical (unpaired) electrons. The van der Waals surface area contributed by atoms with E-state index in [-0.39, 0.29) is 6.04 Å². The van der Waals surface area contributed by atoms with Gasteiger partial charge in [-0.3, -0.25) is 4.90 Å². The maximum absolute atomic E-state index is 10.7. The Morgan fingerprint density at radius 2 is 2.18 bits per heavy atom. The first-order valence-corrected chi connectivity index (χ1v) is 4.32. The van der Waals surface area contributed by atoms with E-state index in [4.69, 9.17) is 0 Å². The molecule has 1 aliphatic rings. The zero-order chi connectivity index (χ0) is 8.43. The van der Waals surface area contributed by atoms with E-state index in [9.17, 15) is 4.79 Å². The van der Waals surface area contributed by atoms with Crippen LogP contribution in [0.1, 0.15) is 20.3 Å². The summed E-state index contributed by atoms with van der Waals surface area (Å²) in [5.74, 6) is 1.22. The van der Waals surface area contributed by atoms with Gasteiger partial charge in [0.15, 0.2) is 0 Å². The maximum Gasteiger partial charge on any atom is 0.137 e. The van der Waals surface area contributed by atoms with Gasteiger partial charge in [-0.25, -0.2) is 0 Å². The van der Waals surface area contributed by atoms with Crippen LogP contribution in [-0.4, -0.2) is 30.8 Å². The van der Waals surface area contributed by atoms with Gasteiger partial charge in [-0.15, -0.1) is 0 Å². The highest BCUT2D eigenvalue weighted by molar-refractivity contribution is 5.58. The Balaban J connectivity index is 2.61. The van der Waals surface area contributed by atoms with Crippen LogP contribution >= 0.6 is 0 Å². The van der Waals surface area contributed by atoms with E-state index in [2.05, 4.69) is 18.7 Å². The van der Waals surface area contributed by atoms with Crippen LogP contribution < -0.4 is 0 Å². The SMILES string of the molecule is CC(C)[C@H]1CCN(C)C1C=O. The van der Waals surface area contributed by atoms with Crippen molar-refractivity contribution in [3.63, 3.8) is 0 Å². The molecule has 0 saturated carbocycles. The Morgan fingerprint density at radius 3 is 2.55 bits per heavy atom. The van der Waals surface area contributed by atoms with Crippen LogP contribution in [0.4, 0.5) is 0 Å². The molecule has 1 aliphatic heterocycles. The van der Waals surface area contributed by atoms with Crippen LogP contribution in [0.25, 0.3) is 0 Å². The average Bonchev–Trinajstić information content (AvgIpc) is 2.30. The lowest BCUT2D eigenvalue weighted by Crippen LogP contribution is -2.32. The molecule has 1 rings (SSSR count). The molecule has 0 aromatic heterocycles. The molecule has 2 heteroatoms. The second kappa shape index (κ2) is 3.35. The molecular weight excluding hydrogens is 138 g/mol. The Hall–Kier alpha value is -0.370. The molecule has 0 aliphatic carbocycles. The average molecular weight is 155 g/mol. The predicted octanol–water partition coefficient (Wildman–Crippen LogP) is 1.16. The second-order valence-electron chi connectivity index (χ2n) is 3.80. The molecule has 0 aromatic carbocycles. The number of hydrogen-bond acceptors (Lipinski definition) is 2. The van der Waals surface area contributed by atoms with Crippen LogP contribution in [-0.2, 0) is 4.79 Å². The summed E-state index contributed by atoms with van der Waals surface area (Å²) < 4.78 is 0. The van der Waals surface area contributed by atoms with Gasteiger partial charge in [0.1, 0.15) is 6.29 Å². The molecule has 1 unspecified atom stereocenters. The first kappa shape index (κ1) is 8.72. The fourth-order valence-electron chi connectivity index (χ4n) is 1.93. The highest BCUT2D eigenvalue weighted by atomic mass is 16.1. The largest absolute Gasteiger partial charge is 0.302 e. The van der Waals surface area contributed by atoms with E-state index < -0.39 is 0 Å². The minimum absolute atomic E-state index is 0.176. The summed E-state index contributed by atoms with van der Waals surface area (Å²) in [5.41, 5.74) is 0. The van der Waals surface area contributed by atoms with Crippen molar-refractivity contribution in [3.05, 3.63) is 0 Å². The van der Waals surface area contributed by atoms with Crippen LogP contribution in [0.15, 0.2) is 0 Å². The molecule has 0 N–H and O–H groups in total. The first-order valence-electron chi connectivity index (χ1n) is 4.32. The highest BCUT2D eigenvalue weighted by Crippen LogP contribution is 2.27. The van der Waals surface area contributed by atoms with Gasteiger partial charge < -0.3 is 4.79 Å². The van der Waals surface area contributed by atoms with Crippen molar-refractivity contribution in [3.8, 4) is 0 Å². The maximum atomic E-state index is 10.7. The molecule has 2 nitrogen and oxygen atoms in total. The van der Waals surface area contributed by atoms with Gasteiger partial charge in [0.05, 0.1) is 6.04 Å². The summed E-state index contributed by atoms with van der Waals surface area (Å²) in [6, 6.07) is 0.176. The van der Waals surface area contributed by atoms with Crippen molar-refractivity contribution in [2.75, 3.05) is 13.6 Å². The van der Waals surface area contributed by atoms with Gasteiger partial charge >= 0.3 is 0 Å². The van der Waals surface area contributed by atoms with Crippen molar-refractivity contribution in [1.29, 1.82) is 0 Å². The summed E-state index contributed by atoms with van der Waals surface area (Å²) in [4.78, 5) is 12.8. The summed E-state index contributed by atoms with van der Waals surface area (Å²) in [5, 5.41) is 0. The number of carbonyl (C=O) groups excluding carboxylic acids is 1. The number of aldehydes is 1. The molecule has 0 amide bonds. The lowest BCUT2D eigenvalue weighted by Gasteiger charge is -2.21. The topological polar surface area (TPSA) is 20.3 Å². The van der Waals surface area contributed by atoms with E-state index in [1.54, 1.807) is 0 Å². The quantitative estimate of drug-likeness (QED) is 0.558. The van der Waals surface area contributed by atoms with E-state index in [0.29, 0.717) is 11.8 Å². The van der Waals surface area contributed by atoms with Crippen molar-refractivity contribution in [2.45, 2.75) is 26.3 Å². The predicted molar refractivity (Wildman–Crippen MR) is 45.4 cm³/mol. The summed E-state index contributed by atoms with van der Waals surface area (Å²) >= 11 is 0. The van der Waals surface area contributed by atoms with Crippen LogP contribution in [0.5, 0.6) is 0 Å². The Morgan fingerprint density at radius 1 is 1.55 bits per heavy atom. The fourth-order valence-corrected chi connectivity index (χ4v) is 1.93. The molecule has 64 valence electrons. The minimum Gasteiger partial charge on any atom is -0.302 e. The number of likely N-dealkylation sites (tertiary alicyclic amines) is 1. The third-order valence-electron chi connectivity index (χ3n) is 2.76. The van der Waals surface area contributed by atoms with Gasteiger partial charge in [0, 0.05) is 0 Å². The van der Waals surface area contributed by atoms with E-state index in [1.807, 2.05) is 7.05 Å². The zero-order valence-corrected chi connectivity index (χ0v) is 7.58. The molecule has 2 atom stereocenters. The fraction of sp³-hybridized carbons (Fsp3) is 0.889. The van der Waals surface area contributed by atoms with Crippen molar-refractivity contribution in [1.82, 2.24) is 4.90 Å². The smallest absolute Gasteiger partial charge is 0.137 e. The first-order chi connectivity index (χ1) is 5.16. The summed E-state index contributed by atoms with van der Waals surface area (Å²) in [6.45, 7) is 5.47. The zero-order valence-electron chi connectivity index (χ0n) is 7.58. The van der Waals surface area contributed by atoms with Crippen LogP contribution in [0, 0.1) is 11.8 Å². The minimum atomic E-state index is 0.176. The monoisotopic (exact) mass is 155 g/mol. The lowest BCUT2D eigenvalue weighted by atomic mass is 9.89. The molecule has 0 spiro atoms.